The lowest BCUT2D eigenvalue weighted by Crippen LogP contribution is -2.13. The number of hydrogen-bond donors (Lipinski definition) is 2. The highest BCUT2D eigenvalue weighted by Crippen LogP contribution is 2.34. The molecule has 1 aromatic carbocycles. The smallest absolute Gasteiger partial charge is 0.194 e. The van der Waals surface area contributed by atoms with E-state index in [-0.39, 0.29) is 11.8 Å². The van der Waals surface area contributed by atoms with Gasteiger partial charge in [0.2, 0.25) is 0 Å². The van der Waals surface area contributed by atoms with E-state index in [0.29, 0.717) is 0 Å². The van der Waals surface area contributed by atoms with E-state index in [9.17, 15) is 9.50 Å². The largest absolute Gasteiger partial charge is 0.502 e. The van der Waals surface area contributed by atoms with E-state index in [2.05, 4.69) is 5.32 Å². The highest BCUT2D eigenvalue weighted by Gasteiger charge is 2.19. The first-order valence-corrected chi connectivity index (χ1v) is 5.02. The van der Waals surface area contributed by atoms with Crippen molar-refractivity contribution in [3.05, 3.63) is 23.5 Å². The van der Waals surface area contributed by atoms with Gasteiger partial charge in [-0.2, -0.15) is 0 Å². The van der Waals surface area contributed by atoms with Crippen LogP contribution in [0.1, 0.15) is 24.4 Å². The van der Waals surface area contributed by atoms with Crippen LogP contribution in [0, 0.1) is 5.82 Å². The predicted molar refractivity (Wildman–Crippen MR) is 54.6 cm³/mol. The number of ether oxygens (including phenoxy) is 1. The lowest BCUT2D eigenvalue weighted by Gasteiger charge is -2.13. The molecule has 15 heavy (non-hydrogen) atoms. The quantitative estimate of drug-likeness (QED) is 0.785. The molecule has 1 aliphatic rings. The summed E-state index contributed by atoms with van der Waals surface area (Å²) in [7, 11) is 1.42. The van der Waals surface area contributed by atoms with Crippen molar-refractivity contribution in [2.24, 2.45) is 0 Å². The van der Waals surface area contributed by atoms with Gasteiger partial charge in [0.25, 0.3) is 0 Å². The summed E-state index contributed by atoms with van der Waals surface area (Å²) >= 11 is 0. The fraction of sp³-hybridized carbons (Fsp3) is 0.455. The standard InChI is InChI=1S/C11H14FNO2/c1-15-10-6-7(5-8(12)11(10)14)9-3-2-4-13-9/h5-6,9,13-14H,2-4H2,1H3/t9-/m1/s1. The Balaban J connectivity index is 2.35. The van der Waals surface area contributed by atoms with Crippen molar-refractivity contribution in [2.75, 3.05) is 13.7 Å². The van der Waals surface area contributed by atoms with Crippen molar-refractivity contribution in [1.29, 1.82) is 0 Å². The minimum atomic E-state index is -0.627. The van der Waals surface area contributed by atoms with Crippen LogP contribution in [-0.2, 0) is 0 Å². The van der Waals surface area contributed by atoms with Crippen molar-refractivity contribution in [3.63, 3.8) is 0 Å². The van der Waals surface area contributed by atoms with Crippen LogP contribution in [0.5, 0.6) is 11.5 Å². The minimum Gasteiger partial charge on any atom is -0.502 e. The first-order chi connectivity index (χ1) is 7.22. The number of hydrogen-bond acceptors (Lipinski definition) is 3. The number of phenols is 1. The van der Waals surface area contributed by atoms with Crippen LogP contribution >= 0.6 is 0 Å². The average Bonchev–Trinajstić information content (AvgIpc) is 2.75. The van der Waals surface area contributed by atoms with Gasteiger partial charge in [-0.1, -0.05) is 0 Å². The Kier molecular flexibility index (Phi) is 2.77. The number of methoxy groups -OCH3 is 1. The first kappa shape index (κ1) is 10.2. The summed E-state index contributed by atoms with van der Waals surface area (Å²) in [6, 6.07) is 3.22. The Morgan fingerprint density at radius 3 is 2.93 bits per heavy atom. The van der Waals surface area contributed by atoms with Gasteiger partial charge in [-0.3, -0.25) is 0 Å². The molecule has 1 atom stereocenters. The van der Waals surface area contributed by atoms with Gasteiger partial charge in [-0.15, -0.1) is 0 Å². The van der Waals surface area contributed by atoms with Crippen molar-refractivity contribution >= 4 is 0 Å². The summed E-state index contributed by atoms with van der Waals surface area (Å²) in [4.78, 5) is 0. The van der Waals surface area contributed by atoms with Crippen molar-refractivity contribution in [3.8, 4) is 11.5 Å². The number of phenolic OH excluding ortho intramolecular Hbond substituents is 1. The second-order valence-corrected chi connectivity index (χ2v) is 3.70. The lowest BCUT2D eigenvalue weighted by molar-refractivity contribution is 0.355. The molecule has 0 spiro atoms. The minimum absolute atomic E-state index is 0.175. The summed E-state index contributed by atoms with van der Waals surface area (Å²) in [6.45, 7) is 0.954. The molecule has 1 aliphatic heterocycles. The zero-order valence-corrected chi connectivity index (χ0v) is 8.59. The molecule has 1 heterocycles. The molecule has 2 rings (SSSR count). The van der Waals surface area contributed by atoms with E-state index in [1.54, 1.807) is 6.07 Å². The molecule has 1 fully saturated rings. The van der Waals surface area contributed by atoms with E-state index in [1.807, 2.05) is 0 Å². The molecule has 0 bridgehead atoms. The van der Waals surface area contributed by atoms with Gasteiger partial charge in [0.05, 0.1) is 7.11 Å². The van der Waals surface area contributed by atoms with Crippen molar-refractivity contribution < 1.29 is 14.2 Å². The zero-order valence-electron chi connectivity index (χ0n) is 8.59. The second kappa shape index (κ2) is 4.06. The van der Waals surface area contributed by atoms with Gasteiger partial charge < -0.3 is 15.2 Å². The monoisotopic (exact) mass is 211 g/mol. The predicted octanol–water partition coefficient (Wildman–Crippen LogP) is 1.96. The van der Waals surface area contributed by atoms with E-state index < -0.39 is 11.6 Å². The third kappa shape index (κ3) is 1.90. The molecule has 82 valence electrons. The molecule has 1 aromatic rings. The molecule has 3 nitrogen and oxygen atoms in total. The van der Waals surface area contributed by atoms with Crippen LogP contribution < -0.4 is 10.1 Å². The van der Waals surface area contributed by atoms with E-state index >= 15 is 0 Å². The maximum atomic E-state index is 13.3. The summed E-state index contributed by atoms with van der Waals surface area (Å²) in [5.74, 6) is -0.851. The van der Waals surface area contributed by atoms with Crippen LogP contribution in [0.2, 0.25) is 0 Å². The molecule has 0 unspecified atom stereocenters. The molecule has 0 aliphatic carbocycles. The Bertz CT molecular complexity index is 362. The number of rotatable bonds is 2. The number of nitrogens with one attached hydrogen (secondary N) is 1. The zero-order chi connectivity index (χ0) is 10.8. The number of halogens is 1. The Hall–Kier alpha value is -1.29. The summed E-state index contributed by atoms with van der Waals surface area (Å²) in [5, 5.41) is 12.6. The van der Waals surface area contributed by atoms with Gasteiger partial charge in [0, 0.05) is 6.04 Å². The van der Waals surface area contributed by atoms with Gasteiger partial charge in [0.15, 0.2) is 17.3 Å². The van der Waals surface area contributed by atoms with Crippen LogP contribution in [0.3, 0.4) is 0 Å². The van der Waals surface area contributed by atoms with Crippen molar-refractivity contribution in [2.45, 2.75) is 18.9 Å². The fourth-order valence-electron chi connectivity index (χ4n) is 1.92. The fourth-order valence-corrected chi connectivity index (χ4v) is 1.92. The topological polar surface area (TPSA) is 41.5 Å². The maximum absolute atomic E-state index is 13.3. The summed E-state index contributed by atoms with van der Waals surface area (Å²) < 4.78 is 18.2. The van der Waals surface area contributed by atoms with Gasteiger partial charge in [0.1, 0.15) is 0 Å². The first-order valence-electron chi connectivity index (χ1n) is 5.02. The molecular formula is C11H14FNO2. The lowest BCUT2D eigenvalue weighted by atomic mass is 10.0. The Morgan fingerprint density at radius 1 is 1.53 bits per heavy atom. The van der Waals surface area contributed by atoms with Crippen LogP contribution in [0.15, 0.2) is 12.1 Å². The van der Waals surface area contributed by atoms with E-state index in [0.717, 1.165) is 24.9 Å². The summed E-state index contributed by atoms with van der Waals surface area (Å²) in [6.07, 6.45) is 2.09. The summed E-state index contributed by atoms with van der Waals surface area (Å²) in [5.41, 5.74) is 0.833. The number of benzene rings is 1. The van der Waals surface area contributed by atoms with E-state index in [1.165, 1.54) is 13.2 Å². The third-order valence-corrected chi connectivity index (χ3v) is 2.73. The average molecular weight is 211 g/mol. The highest BCUT2D eigenvalue weighted by atomic mass is 19.1. The molecular weight excluding hydrogens is 197 g/mol. The molecule has 2 N–H and O–H groups in total. The van der Waals surface area contributed by atoms with Gasteiger partial charge >= 0.3 is 0 Å². The molecule has 0 radical (unpaired) electrons. The van der Waals surface area contributed by atoms with Crippen LogP contribution in [0.25, 0.3) is 0 Å². The van der Waals surface area contributed by atoms with Crippen LogP contribution in [0.4, 0.5) is 4.39 Å². The molecule has 1 saturated heterocycles. The Morgan fingerprint density at radius 2 is 2.33 bits per heavy atom. The van der Waals surface area contributed by atoms with Crippen LogP contribution in [-0.4, -0.2) is 18.8 Å². The van der Waals surface area contributed by atoms with E-state index in [4.69, 9.17) is 4.74 Å². The highest BCUT2D eigenvalue weighted by molar-refractivity contribution is 5.44. The molecule has 0 amide bonds. The molecule has 4 heteroatoms. The van der Waals surface area contributed by atoms with Gasteiger partial charge in [-0.05, 0) is 37.1 Å². The maximum Gasteiger partial charge on any atom is 0.194 e. The molecule has 0 saturated carbocycles. The van der Waals surface area contributed by atoms with Crippen molar-refractivity contribution in [1.82, 2.24) is 5.32 Å². The van der Waals surface area contributed by atoms with Gasteiger partial charge in [-0.25, -0.2) is 4.39 Å². The number of aromatic hydroxyl groups is 1. The molecule has 0 aromatic heterocycles. The SMILES string of the molecule is COc1cc([C@H]2CCCN2)cc(F)c1O. The second-order valence-electron chi connectivity index (χ2n) is 3.70. The third-order valence-electron chi connectivity index (χ3n) is 2.73. The normalized spacial score (nSPS) is 20.5. The Labute approximate surface area is 87.9 Å².